The van der Waals surface area contributed by atoms with E-state index in [0.717, 1.165) is 6.42 Å². The first kappa shape index (κ1) is 10.7. The fourth-order valence-electron chi connectivity index (χ4n) is 1.85. The van der Waals surface area contributed by atoms with Crippen molar-refractivity contribution in [2.75, 3.05) is 18.0 Å². The molecule has 0 aromatic heterocycles. The predicted molar refractivity (Wildman–Crippen MR) is 59.3 cm³/mol. The summed E-state index contributed by atoms with van der Waals surface area (Å²) >= 11 is 0. The standard InChI is InChI=1S/C12H12FNO2/c13-10-6-4-5-9(12(15)16)11(10)14-7-2-1-3-8-14/h1-2,4-6H,3,7-8H2,(H,15,16). The Hall–Kier alpha value is -1.84. The number of carboxylic acid groups (broad SMARTS) is 1. The number of halogens is 1. The van der Waals surface area contributed by atoms with E-state index < -0.39 is 11.8 Å². The lowest BCUT2D eigenvalue weighted by Gasteiger charge is -2.27. The van der Waals surface area contributed by atoms with E-state index in [4.69, 9.17) is 5.11 Å². The first-order valence-corrected chi connectivity index (χ1v) is 5.12. The van der Waals surface area contributed by atoms with Gasteiger partial charge in [-0.3, -0.25) is 0 Å². The quantitative estimate of drug-likeness (QED) is 0.779. The molecule has 0 amide bonds. The zero-order chi connectivity index (χ0) is 11.5. The van der Waals surface area contributed by atoms with Crippen molar-refractivity contribution in [2.45, 2.75) is 6.42 Å². The molecule has 84 valence electrons. The molecule has 0 spiro atoms. The molecule has 1 aliphatic rings. The van der Waals surface area contributed by atoms with Gasteiger partial charge in [-0.05, 0) is 18.6 Å². The summed E-state index contributed by atoms with van der Waals surface area (Å²) in [7, 11) is 0. The minimum atomic E-state index is -1.09. The minimum absolute atomic E-state index is 0.0234. The van der Waals surface area contributed by atoms with Gasteiger partial charge in [0.1, 0.15) is 5.82 Å². The van der Waals surface area contributed by atoms with Gasteiger partial charge in [0.2, 0.25) is 0 Å². The van der Waals surface area contributed by atoms with E-state index in [0.29, 0.717) is 13.1 Å². The van der Waals surface area contributed by atoms with Crippen molar-refractivity contribution < 1.29 is 14.3 Å². The van der Waals surface area contributed by atoms with Crippen LogP contribution in [0.2, 0.25) is 0 Å². The monoisotopic (exact) mass is 221 g/mol. The molecule has 0 atom stereocenters. The Morgan fingerprint density at radius 3 is 2.81 bits per heavy atom. The smallest absolute Gasteiger partial charge is 0.337 e. The van der Waals surface area contributed by atoms with Crippen LogP contribution in [0.5, 0.6) is 0 Å². The van der Waals surface area contributed by atoms with Crippen LogP contribution in [-0.4, -0.2) is 24.2 Å². The number of para-hydroxylation sites is 1. The second-order valence-electron chi connectivity index (χ2n) is 3.65. The lowest BCUT2D eigenvalue weighted by Crippen LogP contribution is -2.29. The van der Waals surface area contributed by atoms with Crippen LogP contribution in [0.15, 0.2) is 30.4 Å². The molecule has 16 heavy (non-hydrogen) atoms. The third-order valence-corrected chi connectivity index (χ3v) is 2.59. The molecule has 0 unspecified atom stereocenters. The van der Waals surface area contributed by atoms with Crippen LogP contribution in [0, 0.1) is 5.82 Å². The number of rotatable bonds is 2. The fourth-order valence-corrected chi connectivity index (χ4v) is 1.85. The molecule has 1 aromatic carbocycles. The van der Waals surface area contributed by atoms with Gasteiger partial charge in [-0.15, -0.1) is 0 Å². The number of carbonyl (C=O) groups is 1. The maximum atomic E-state index is 13.7. The van der Waals surface area contributed by atoms with Crippen molar-refractivity contribution >= 4 is 11.7 Å². The highest BCUT2D eigenvalue weighted by atomic mass is 19.1. The summed E-state index contributed by atoms with van der Waals surface area (Å²) in [5, 5.41) is 9.01. The molecular weight excluding hydrogens is 209 g/mol. The number of anilines is 1. The predicted octanol–water partition coefficient (Wildman–Crippen LogP) is 2.29. The van der Waals surface area contributed by atoms with E-state index in [-0.39, 0.29) is 11.3 Å². The van der Waals surface area contributed by atoms with E-state index in [1.165, 1.54) is 18.2 Å². The number of hydrogen-bond acceptors (Lipinski definition) is 2. The number of carboxylic acids is 1. The number of aromatic carboxylic acids is 1. The Morgan fingerprint density at radius 1 is 1.38 bits per heavy atom. The van der Waals surface area contributed by atoms with Crippen molar-refractivity contribution in [1.29, 1.82) is 0 Å². The molecule has 0 bridgehead atoms. The SMILES string of the molecule is O=C(O)c1cccc(F)c1N1CC=CCC1. The average molecular weight is 221 g/mol. The first-order valence-electron chi connectivity index (χ1n) is 5.12. The molecular formula is C12H12FNO2. The molecule has 4 heteroatoms. The molecule has 1 N–H and O–H groups in total. The molecule has 1 aromatic rings. The topological polar surface area (TPSA) is 40.5 Å². The molecule has 0 aliphatic carbocycles. The van der Waals surface area contributed by atoms with Crippen LogP contribution in [0.3, 0.4) is 0 Å². The zero-order valence-electron chi connectivity index (χ0n) is 8.69. The Bertz CT molecular complexity index is 443. The summed E-state index contributed by atoms with van der Waals surface area (Å²) in [5.41, 5.74) is 0.217. The highest BCUT2D eigenvalue weighted by molar-refractivity contribution is 5.94. The highest BCUT2D eigenvalue weighted by Crippen LogP contribution is 2.25. The van der Waals surface area contributed by atoms with Gasteiger partial charge in [-0.25, -0.2) is 9.18 Å². The number of nitrogens with zero attached hydrogens (tertiary/aromatic N) is 1. The molecule has 0 saturated carbocycles. The normalized spacial score (nSPS) is 15.2. The van der Waals surface area contributed by atoms with Crippen LogP contribution >= 0.6 is 0 Å². The maximum Gasteiger partial charge on any atom is 0.337 e. The number of benzene rings is 1. The average Bonchev–Trinajstić information content (AvgIpc) is 2.29. The minimum Gasteiger partial charge on any atom is -0.478 e. The highest BCUT2D eigenvalue weighted by Gasteiger charge is 2.19. The molecule has 0 fully saturated rings. The van der Waals surface area contributed by atoms with Gasteiger partial charge in [0.05, 0.1) is 11.3 Å². The van der Waals surface area contributed by atoms with Crippen LogP contribution in [0.4, 0.5) is 10.1 Å². The van der Waals surface area contributed by atoms with Crippen LogP contribution in [-0.2, 0) is 0 Å². The molecule has 1 heterocycles. The van der Waals surface area contributed by atoms with Crippen LogP contribution in [0.25, 0.3) is 0 Å². The summed E-state index contributed by atoms with van der Waals surface area (Å²) in [4.78, 5) is 12.8. The fraction of sp³-hybridized carbons (Fsp3) is 0.250. The van der Waals surface area contributed by atoms with E-state index >= 15 is 0 Å². The Kier molecular flexibility index (Phi) is 2.90. The lowest BCUT2D eigenvalue weighted by molar-refractivity contribution is 0.0697. The molecule has 1 aliphatic heterocycles. The van der Waals surface area contributed by atoms with Crippen molar-refractivity contribution in [3.8, 4) is 0 Å². The lowest BCUT2D eigenvalue weighted by atomic mass is 10.1. The first-order chi connectivity index (χ1) is 7.70. The van der Waals surface area contributed by atoms with Crippen LogP contribution in [0.1, 0.15) is 16.8 Å². The van der Waals surface area contributed by atoms with Crippen LogP contribution < -0.4 is 4.90 Å². The van der Waals surface area contributed by atoms with Crippen molar-refractivity contribution in [3.05, 3.63) is 41.7 Å². The van der Waals surface area contributed by atoms with E-state index in [1.807, 2.05) is 12.2 Å². The van der Waals surface area contributed by atoms with Crippen molar-refractivity contribution in [2.24, 2.45) is 0 Å². The van der Waals surface area contributed by atoms with Crippen molar-refractivity contribution in [3.63, 3.8) is 0 Å². The molecule has 3 nitrogen and oxygen atoms in total. The van der Waals surface area contributed by atoms with Crippen molar-refractivity contribution in [1.82, 2.24) is 0 Å². The maximum absolute atomic E-state index is 13.7. The molecule has 0 saturated heterocycles. The summed E-state index contributed by atoms with van der Waals surface area (Å²) in [6.07, 6.45) is 4.74. The van der Waals surface area contributed by atoms with Gasteiger partial charge >= 0.3 is 5.97 Å². The van der Waals surface area contributed by atoms with Gasteiger partial charge in [0, 0.05) is 13.1 Å². The zero-order valence-corrected chi connectivity index (χ0v) is 8.69. The van der Waals surface area contributed by atoms with Gasteiger partial charge in [-0.2, -0.15) is 0 Å². The second-order valence-corrected chi connectivity index (χ2v) is 3.65. The third-order valence-electron chi connectivity index (χ3n) is 2.59. The molecule has 2 rings (SSSR count). The summed E-state index contributed by atoms with van der Waals surface area (Å²) < 4.78 is 13.7. The third kappa shape index (κ3) is 1.91. The van der Waals surface area contributed by atoms with E-state index in [1.54, 1.807) is 4.90 Å². The van der Waals surface area contributed by atoms with E-state index in [9.17, 15) is 9.18 Å². The number of hydrogen-bond donors (Lipinski definition) is 1. The Balaban J connectivity index is 2.44. The van der Waals surface area contributed by atoms with Gasteiger partial charge in [0.15, 0.2) is 0 Å². The van der Waals surface area contributed by atoms with Gasteiger partial charge < -0.3 is 10.0 Å². The van der Waals surface area contributed by atoms with E-state index in [2.05, 4.69) is 0 Å². The Morgan fingerprint density at radius 2 is 2.19 bits per heavy atom. The Labute approximate surface area is 92.8 Å². The summed E-state index contributed by atoms with van der Waals surface area (Å²) in [6, 6.07) is 4.14. The summed E-state index contributed by atoms with van der Waals surface area (Å²) in [5.74, 6) is -1.57. The second kappa shape index (κ2) is 4.35. The molecule has 0 radical (unpaired) electrons. The summed E-state index contributed by atoms with van der Waals surface area (Å²) in [6.45, 7) is 1.21. The van der Waals surface area contributed by atoms with Gasteiger partial charge in [-0.1, -0.05) is 18.2 Å². The largest absolute Gasteiger partial charge is 0.478 e. The van der Waals surface area contributed by atoms with Gasteiger partial charge in [0.25, 0.3) is 0 Å².